The molecule has 1 atom stereocenters. The summed E-state index contributed by atoms with van der Waals surface area (Å²) in [7, 11) is 0. The Labute approximate surface area is 119 Å². The Hall–Kier alpha value is -0.490. The predicted octanol–water partition coefficient (Wildman–Crippen LogP) is 2.14. The first kappa shape index (κ1) is 16.6. The zero-order chi connectivity index (χ0) is 14.8. The molecule has 110 valence electrons. The smallest absolute Gasteiger partial charge is 0.0985 e. The SMILES string of the molecule is Cc1nc(C(C)(C)C)sc1C(C)NC(C)(CO)CO. The molecule has 0 bridgehead atoms. The van der Waals surface area contributed by atoms with Gasteiger partial charge in [-0.3, -0.25) is 5.32 Å². The number of rotatable bonds is 5. The van der Waals surface area contributed by atoms with E-state index in [1.807, 2.05) is 20.8 Å². The van der Waals surface area contributed by atoms with Crippen molar-refractivity contribution in [2.24, 2.45) is 0 Å². The van der Waals surface area contributed by atoms with Crippen LogP contribution in [0.4, 0.5) is 0 Å². The van der Waals surface area contributed by atoms with Gasteiger partial charge in [-0.05, 0) is 20.8 Å². The second kappa shape index (κ2) is 5.87. The van der Waals surface area contributed by atoms with Gasteiger partial charge in [0.05, 0.1) is 29.5 Å². The second-order valence-electron chi connectivity index (χ2n) is 6.46. The number of nitrogens with zero attached hydrogens (tertiary/aromatic N) is 1. The summed E-state index contributed by atoms with van der Waals surface area (Å²) in [5, 5.41) is 23.1. The lowest BCUT2D eigenvalue weighted by atomic mass is 9.98. The summed E-state index contributed by atoms with van der Waals surface area (Å²) in [6.07, 6.45) is 0. The van der Waals surface area contributed by atoms with E-state index in [1.54, 1.807) is 11.3 Å². The number of aromatic nitrogens is 1. The molecule has 0 aliphatic rings. The quantitative estimate of drug-likeness (QED) is 0.776. The number of nitrogens with one attached hydrogen (secondary N) is 1. The van der Waals surface area contributed by atoms with E-state index in [0.717, 1.165) is 15.6 Å². The fraction of sp³-hybridized carbons (Fsp3) is 0.786. The maximum Gasteiger partial charge on any atom is 0.0985 e. The summed E-state index contributed by atoms with van der Waals surface area (Å²) in [6.45, 7) is 12.1. The van der Waals surface area contributed by atoms with E-state index in [9.17, 15) is 10.2 Å². The van der Waals surface area contributed by atoms with E-state index in [0.29, 0.717) is 0 Å². The summed E-state index contributed by atoms with van der Waals surface area (Å²) in [5.41, 5.74) is 0.399. The Balaban J connectivity index is 2.95. The van der Waals surface area contributed by atoms with Gasteiger partial charge in [0, 0.05) is 16.3 Å². The van der Waals surface area contributed by atoms with Gasteiger partial charge >= 0.3 is 0 Å². The van der Waals surface area contributed by atoms with Crippen LogP contribution < -0.4 is 5.32 Å². The number of aliphatic hydroxyl groups is 2. The second-order valence-corrected chi connectivity index (χ2v) is 7.49. The fourth-order valence-corrected chi connectivity index (χ4v) is 2.99. The lowest BCUT2D eigenvalue weighted by Gasteiger charge is -2.30. The molecule has 0 fully saturated rings. The van der Waals surface area contributed by atoms with E-state index in [-0.39, 0.29) is 24.7 Å². The van der Waals surface area contributed by atoms with Crippen molar-refractivity contribution < 1.29 is 10.2 Å². The van der Waals surface area contributed by atoms with Crippen molar-refractivity contribution in [1.29, 1.82) is 0 Å². The molecule has 4 nitrogen and oxygen atoms in total. The molecule has 1 aromatic rings. The van der Waals surface area contributed by atoms with Crippen molar-refractivity contribution in [1.82, 2.24) is 10.3 Å². The standard InChI is InChI=1S/C14H26N2O2S/c1-9-11(19-12(15-9)13(3,4)5)10(2)16-14(6,7-17)8-18/h10,16-18H,7-8H2,1-6H3. The molecule has 0 saturated carbocycles. The lowest BCUT2D eigenvalue weighted by molar-refractivity contribution is 0.0960. The Bertz CT molecular complexity index is 420. The third-order valence-electron chi connectivity index (χ3n) is 3.13. The molecule has 0 aliphatic heterocycles. The van der Waals surface area contributed by atoms with Gasteiger partial charge in [-0.25, -0.2) is 4.98 Å². The molecule has 0 aliphatic carbocycles. The molecule has 3 N–H and O–H groups in total. The molecular weight excluding hydrogens is 260 g/mol. The van der Waals surface area contributed by atoms with Crippen molar-refractivity contribution in [2.75, 3.05) is 13.2 Å². The van der Waals surface area contributed by atoms with Crippen LogP contribution >= 0.6 is 11.3 Å². The van der Waals surface area contributed by atoms with Crippen LogP contribution in [0.15, 0.2) is 0 Å². The zero-order valence-corrected chi connectivity index (χ0v) is 13.6. The fourth-order valence-electron chi connectivity index (χ4n) is 1.86. The molecule has 1 heterocycles. The van der Waals surface area contributed by atoms with E-state index in [1.165, 1.54) is 0 Å². The lowest BCUT2D eigenvalue weighted by Crippen LogP contribution is -2.49. The van der Waals surface area contributed by atoms with Gasteiger partial charge in [0.2, 0.25) is 0 Å². The van der Waals surface area contributed by atoms with Crippen LogP contribution in [0.25, 0.3) is 0 Å². The largest absolute Gasteiger partial charge is 0.394 e. The molecule has 0 radical (unpaired) electrons. The van der Waals surface area contributed by atoms with Crippen molar-refractivity contribution in [3.05, 3.63) is 15.6 Å². The van der Waals surface area contributed by atoms with E-state index in [4.69, 9.17) is 0 Å². The minimum atomic E-state index is -0.669. The van der Waals surface area contributed by atoms with Crippen LogP contribution in [-0.4, -0.2) is 33.9 Å². The number of hydrogen-bond donors (Lipinski definition) is 3. The van der Waals surface area contributed by atoms with Crippen LogP contribution in [0, 0.1) is 6.92 Å². The maximum atomic E-state index is 9.35. The van der Waals surface area contributed by atoms with Crippen molar-refractivity contribution >= 4 is 11.3 Å². The molecule has 1 aromatic heterocycles. The van der Waals surface area contributed by atoms with Gasteiger partial charge in [-0.2, -0.15) is 0 Å². The van der Waals surface area contributed by atoms with Crippen molar-refractivity contribution in [3.63, 3.8) is 0 Å². The van der Waals surface area contributed by atoms with Crippen LogP contribution in [0.2, 0.25) is 0 Å². The summed E-state index contributed by atoms with van der Waals surface area (Å²) >= 11 is 1.70. The first-order chi connectivity index (χ1) is 8.63. The summed E-state index contributed by atoms with van der Waals surface area (Å²) < 4.78 is 0. The third kappa shape index (κ3) is 3.99. The van der Waals surface area contributed by atoms with Gasteiger partial charge in [0.1, 0.15) is 0 Å². The van der Waals surface area contributed by atoms with Gasteiger partial charge in [0.15, 0.2) is 0 Å². The van der Waals surface area contributed by atoms with Crippen LogP contribution in [0.5, 0.6) is 0 Å². The monoisotopic (exact) mass is 286 g/mol. The highest BCUT2D eigenvalue weighted by Gasteiger charge is 2.28. The van der Waals surface area contributed by atoms with Gasteiger partial charge in [-0.15, -0.1) is 11.3 Å². The third-order valence-corrected chi connectivity index (χ3v) is 4.90. The Morgan fingerprint density at radius 3 is 2.11 bits per heavy atom. The minimum absolute atomic E-state index is 0.0463. The summed E-state index contributed by atoms with van der Waals surface area (Å²) in [6, 6.07) is 0.0536. The number of aryl methyl sites for hydroxylation is 1. The summed E-state index contributed by atoms with van der Waals surface area (Å²) in [5.74, 6) is 0. The van der Waals surface area contributed by atoms with Gasteiger partial charge in [-0.1, -0.05) is 20.8 Å². The van der Waals surface area contributed by atoms with E-state index in [2.05, 4.69) is 31.1 Å². The van der Waals surface area contributed by atoms with E-state index < -0.39 is 5.54 Å². The Kier molecular flexibility index (Phi) is 5.12. The number of aliphatic hydroxyl groups excluding tert-OH is 2. The molecular formula is C14H26N2O2S. The van der Waals surface area contributed by atoms with Gasteiger partial charge in [0.25, 0.3) is 0 Å². The maximum absolute atomic E-state index is 9.35. The van der Waals surface area contributed by atoms with Crippen molar-refractivity contribution in [3.8, 4) is 0 Å². The highest BCUT2D eigenvalue weighted by molar-refractivity contribution is 7.12. The molecule has 5 heteroatoms. The topological polar surface area (TPSA) is 65.4 Å². The normalized spacial score (nSPS) is 14.7. The Morgan fingerprint density at radius 1 is 1.21 bits per heavy atom. The van der Waals surface area contributed by atoms with Crippen LogP contribution in [-0.2, 0) is 5.41 Å². The number of hydrogen-bond acceptors (Lipinski definition) is 5. The molecule has 0 spiro atoms. The molecule has 19 heavy (non-hydrogen) atoms. The summed E-state index contributed by atoms with van der Waals surface area (Å²) in [4.78, 5) is 5.80. The van der Waals surface area contributed by atoms with Gasteiger partial charge < -0.3 is 10.2 Å². The van der Waals surface area contributed by atoms with Crippen LogP contribution in [0.3, 0.4) is 0 Å². The zero-order valence-electron chi connectivity index (χ0n) is 12.7. The van der Waals surface area contributed by atoms with Crippen molar-refractivity contribution in [2.45, 2.75) is 58.5 Å². The Morgan fingerprint density at radius 2 is 1.74 bits per heavy atom. The first-order valence-electron chi connectivity index (χ1n) is 6.60. The molecule has 0 saturated heterocycles. The highest BCUT2D eigenvalue weighted by Crippen LogP contribution is 2.33. The number of thiazole rings is 1. The average Bonchev–Trinajstić information content (AvgIpc) is 2.71. The minimum Gasteiger partial charge on any atom is -0.394 e. The molecule has 1 rings (SSSR count). The van der Waals surface area contributed by atoms with E-state index >= 15 is 0 Å². The first-order valence-corrected chi connectivity index (χ1v) is 7.42. The highest BCUT2D eigenvalue weighted by atomic mass is 32.1. The molecule has 0 amide bonds. The predicted molar refractivity (Wildman–Crippen MR) is 79.7 cm³/mol. The molecule has 1 unspecified atom stereocenters. The molecule has 0 aromatic carbocycles. The average molecular weight is 286 g/mol. The van der Waals surface area contributed by atoms with Crippen LogP contribution in [0.1, 0.15) is 56.2 Å².